The molecule has 1 aromatic rings. The SMILES string of the molecule is CC(C)(C)OC(=O)N1CCC2(CC1)CC(=O)c1cccc(F)c1O2. The van der Waals surface area contributed by atoms with Gasteiger partial charge in [0.1, 0.15) is 11.2 Å². The molecule has 0 saturated carbocycles. The maximum absolute atomic E-state index is 14.0. The average Bonchev–Trinajstić information content (AvgIpc) is 2.47. The summed E-state index contributed by atoms with van der Waals surface area (Å²) in [6, 6.07) is 4.39. The van der Waals surface area contributed by atoms with Crippen molar-refractivity contribution in [1.29, 1.82) is 0 Å². The average molecular weight is 335 g/mol. The molecule has 0 bridgehead atoms. The number of carbonyl (C=O) groups is 2. The van der Waals surface area contributed by atoms with E-state index >= 15 is 0 Å². The first-order valence-corrected chi connectivity index (χ1v) is 8.18. The van der Waals surface area contributed by atoms with Crippen LogP contribution >= 0.6 is 0 Å². The lowest BCUT2D eigenvalue weighted by molar-refractivity contribution is -0.0243. The Bertz CT molecular complexity index is 672. The van der Waals surface area contributed by atoms with Crippen LogP contribution < -0.4 is 4.74 Å². The van der Waals surface area contributed by atoms with E-state index < -0.39 is 17.0 Å². The fourth-order valence-corrected chi connectivity index (χ4v) is 3.17. The van der Waals surface area contributed by atoms with Crippen molar-refractivity contribution < 1.29 is 23.5 Å². The number of Topliss-reactive ketones (excluding diaryl/α,β-unsaturated/α-hetero) is 1. The van der Waals surface area contributed by atoms with Crippen molar-refractivity contribution >= 4 is 11.9 Å². The molecule has 1 aromatic carbocycles. The first kappa shape index (κ1) is 16.7. The lowest BCUT2D eigenvalue weighted by Gasteiger charge is -2.43. The molecule has 0 unspecified atom stereocenters. The number of fused-ring (bicyclic) bond motifs is 1. The summed E-state index contributed by atoms with van der Waals surface area (Å²) >= 11 is 0. The second kappa shape index (κ2) is 5.76. The number of ketones is 1. The summed E-state index contributed by atoms with van der Waals surface area (Å²) in [5.74, 6) is -0.588. The quantitative estimate of drug-likeness (QED) is 0.727. The highest BCUT2D eigenvalue weighted by Gasteiger charge is 2.45. The van der Waals surface area contributed by atoms with Crippen LogP contribution in [0.1, 0.15) is 50.4 Å². The van der Waals surface area contributed by atoms with Gasteiger partial charge in [0.15, 0.2) is 17.3 Å². The number of ether oxygens (including phenoxy) is 2. The third kappa shape index (κ3) is 3.23. The van der Waals surface area contributed by atoms with Crippen molar-refractivity contribution in [3.63, 3.8) is 0 Å². The van der Waals surface area contributed by atoms with Crippen LogP contribution in [-0.4, -0.2) is 41.1 Å². The maximum Gasteiger partial charge on any atom is 0.410 e. The molecule has 1 saturated heterocycles. The van der Waals surface area contributed by atoms with Crippen LogP contribution in [0.3, 0.4) is 0 Å². The van der Waals surface area contributed by atoms with E-state index in [1.807, 2.05) is 20.8 Å². The van der Waals surface area contributed by atoms with Gasteiger partial charge in [0.25, 0.3) is 0 Å². The van der Waals surface area contributed by atoms with Gasteiger partial charge in [0.2, 0.25) is 0 Å². The van der Waals surface area contributed by atoms with Crippen LogP contribution in [0.4, 0.5) is 9.18 Å². The molecule has 0 aliphatic carbocycles. The maximum atomic E-state index is 14.0. The lowest BCUT2D eigenvalue weighted by Crippen LogP contribution is -2.53. The number of nitrogens with zero attached hydrogens (tertiary/aromatic N) is 1. The van der Waals surface area contributed by atoms with Crippen LogP contribution in [0.15, 0.2) is 18.2 Å². The zero-order chi connectivity index (χ0) is 17.5. The second-order valence-corrected chi connectivity index (χ2v) is 7.47. The first-order valence-electron chi connectivity index (χ1n) is 8.18. The van der Waals surface area contributed by atoms with Gasteiger partial charge < -0.3 is 14.4 Å². The van der Waals surface area contributed by atoms with Gasteiger partial charge >= 0.3 is 6.09 Å². The summed E-state index contributed by atoms with van der Waals surface area (Å²) < 4.78 is 25.3. The predicted octanol–water partition coefficient (Wildman–Crippen LogP) is 3.56. The highest BCUT2D eigenvalue weighted by atomic mass is 19.1. The molecule has 2 heterocycles. The van der Waals surface area contributed by atoms with Crippen molar-refractivity contribution in [2.24, 2.45) is 0 Å². The Morgan fingerprint density at radius 3 is 2.58 bits per heavy atom. The third-order valence-corrected chi connectivity index (χ3v) is 4.40. The Kier molecular flexibility index (Phi) is 4.01. The van der Waals surface area contributed by atoms with E-state index in [1.165, 1.54) is 12.1 Å². The third-order valence-electron chi connectivity index (χ3n) is 4.40. The van der Waals surface area contributed by atoms with Crippen molar-refractivity contribution in [2.75, 3.05) is 13.1 Å². The van der Waals surface area contributed by atoms with Crippen LogP contribution in [-0.2, 0) is 4.74 Å². The van der Waals surface area contributed by atoms with Crippen molar-refractivity contribution in [3.8, 4) is 5.75 Å². The van der Waals surface area contributed by atoms with Crippen LogP contribution in [0.25, 0.3) is 0 Å². The second-order valence-electron chi connectivity index (χ2n) is 7.47. The van der Waals surface area contributed by atoms with Crippen LogP contribution in [0.5, 0.6) is 5.75 Å². The molecule has 0 atom stereocenters. The number of carbonyl (C=O) groups excluding carboxylic acids is 2. The lowest BCUT2D eigenvalue weighted by atomic mass is 9.82. The summed E-state index contributed by atoms with van der Waals surface area (Å²) in [5, 5.41) is 0. The van der Waals surface area contributed by atoms with Gasteiger partial charge in [-0.2, -0.15) is 0 Å². The molecule has 1 fully saturated rings. The number of likely N-dealkylation sites (tertiary alicyclic amines) is 1. The summed E-state index contributed by atoms with van der Waals surface area (Å²) in [4.78, 5) is 26.1. The molecular formula is C18H22FNO4. The Balaban J connectivity index is 1.71. The molecule has 0 radical (unpaired) electrons. The fourth-order valence-electron chi connectivity index (χ4n) is 3.17. The predicted molar refractivity (Wildman–Crippen MR) is 85.7 cm³/mol. The number of hydrogen-bond acceptors (Lipinski definition) is 4. The summed E-state index contributed by atoms with van der Waals surface area (Å²) in [5.41, 5.74) is -0.980. The van der Waals surface area contributed by atoms with Crippen LogP contribution in [0, 0.1) is 5.82 Å². The standard InChI is InChI=1S/C18H22FNO4/c1-17(2,3)24-16(22)20-9-7-18(8-10-20)11-14(21)12-5-4-6-13(19)15(12)23-18/h4-6H,7-11H2,1-3H3. The van der Waals surface area contributed by atoms with Crippen molar-refractivity contribution in [1.82, 2.24) is 4.90 Å². The van der Waals surface area contributed by atoms with Crippen molar-refractivity contribution in [2.45, 2.75) is 51.2 Å². The summed E-state index contributed by atoms with van der Waals surface area (Å²) in [6.45, 7) is 6.30. The molecule has 0 aromatic heterocycles. The smallest absolute Gasteiger partial charge is 0.410 e. The zero-order valence-corrected chi connectivity index (χ0v) is 14.2. The van der Waals surface area contributed by atoms with E-state index in [-0.39, 0.29) is 24.0 Å². The van der Waals surface area contributed by atoms with E-state index in [1.54, 1.807) is 11.0 Å². The Morgan fingerprint density at radius 1 is 1.29 bits per heavy atom. The van der Waals surface area contributed by atoms with E-state index in [9.17, 15) is 14.0 Å². The van der Waals surface area contributed by atoms with Crippen molar-refractivity contribution in [3.05, 3.63) is 29.6 Å². The molecule has 1 spiro atoms. The monoisotopic (exact) mass is 335 g/mol. The Morgan fingerprint density at radius 2 is 1.96 bits per heavy atom. The number of rotatable bonds is 0. The van der Waals surface area contributed by atoms with Gasteiger partial charge in [-0.1, -0.05) is 6.07 Å². The van der Waals surface area contributed by atoms with Crippen LogP contribution in [0.2, 0.25) is 0 Å². The summed E-state index contributed by atoms with van der Waals surface area (Å²) in [7, 11) is 0. The molecule has 3 rings (SSSR count). The zero-order valence-electron chi connectivity index (χ0n) is 14.2. The molecule has 24 heavy (non-hydrogen) atoms. The minimum atomic E-state index is -0.731. The van der Waals surface area contributed by atoms with Gasteiger partial charge in [-0.25, -0.2) is 9.18 Å². The summed E-state index contributed by atoms with van der Waals surface area (Å²) in [6.07, 6.45) is 0.800. The molecule has 2 aliphatic heterocycles. The molecular weight excluding hydrogens is 313 g/mol. The van der Waals surface area contributed by atoms with Gasteiger partial charge in [0.05, 0.1) is 12.0 Å². The highest BCUT2D eigenvalue weighted by Crippen LogP contribution is 2.40. The van der Waals surface area contributed by atoms with E-state index in [2.05, 4.69) is 0 Å². The number of piperidine rings is 1. The molecule has 2 aliphatic rings. The number of benzene rings is 1. The topological polar surface area (TPSA) is 55.8 Å². The Hall–Kier alpha value is -2.11. The molecule has 5 nitrogen and oxygen atoms in total. The van der Waals surface area contributed by atoms with E-state index in [0.717, 1.165) is 0 Å². The number of amides is 1. The first-order chi connectivity index (χ1) is 11.2. The normalized spacial score (nSPS) is 19.7. The minimum Gasteiger partial charge on any atom is -0.483 e. The number of hydrogen-bond donors (Lipinski definition) is 0. The number of para-hydroxylation sites is 1. The van der Waals surface area contributed by atoms with Gasteiger partial charge in [0, 0.05) is 25.9 Å². The Labute approximate surface area is 140 Å². The molecule has 0 N–H and O–H groups in total. The van der Waals surface area contributed by atoms with Gasteiger partial charge in [-0.3, -0.25) is 4.79 Å². The van der Waals surface area contributed by atoms with Gasteiger partial charge in [-0.15, -0.1) is 0 Å². The molecule has 6 heteroatoms. The van der Waals surface area contributed by atoms with E-state index in [4.69, 9.17) is 9.47 Å². The molecule has 1 amide bonds. The highest BCUT2D eigenvalue weighted by molar-refractivity contribution is 6.00. The largest absolute Gasteiger partial charge is 0.483 e. The minimum absolute atomic E-state index is 0.0412. The molecule has 130 valence electrons. The van der Waals surface area contributed by atoms with Gasteiger partial charge in [-0.05, 0) is 32.9 Å². The number of halogens is 1. The fraction of sp³-hybridized carbons (Fsp3) is 0.556. The van der Waals surface area contributed by atoms with E-state index in [0.29, 0.717) is 31.5 Å².